The van der Waals surface area contributed by atoms with Gasteiger partial charge in [0.25, 0.3) is 0 Å². The van der Waals surface area contributed by atoms with Crippen molar-refractivity contribution in [3.8, 4) is 0 Å². The van der Waals surface area contributed by atoms with Crippen LogP contribution >= 0.6 is 11.6 Å². The van der Waals surface area contributed by atoms with E-state index in [0.717, 1.165) is 0 Å². The summed E-state index contributed by atoms with van der Waals surface area (Å²) < 4.78 is 51.6. The molecule has 0 amide bonds. The largest absolute Gasteiger partial charge is 0.391 e. The Labute approximate surface area is 120 Å². The fourth-order valence-corrected chi connectivity index (χ4v) is 2.98. The van der Waals surface area contributed by atoms with Crippen molar-refractivity contribution >= 4 is 11.6 Å². The first-order valence-electron chi connectivity index (χ1n) is 6.50. The predicted molar refractivity (Wildman–Crippen MR) is 70.0 cm³/mol. The van der Waals surface area contributed by atoms with Gasteiger partial charge in [-0.2, -0.15) is 13.2 Å². The molecular weight excluding hydrogens is 294 g/mol. The maximum atomic E-state index is 13.7. The van der Waals surface area contributed by atoms with Crippen molar-refractivity contribution < 1.29 is 17.6 Å². The number of benzene rings is 1. The van der Waals surface area contributed by atoms with Crippen LogP contribution in [0.15, 0.2) is 18.2 Å². The van der Waals surface area contributed by atoms with E-state index in [1.165, 1.54) is 12.1 Å². The molecule has 112 valence electrons. The highest BCUT2D eigenvalue weighted by atomic mass is 35.5. The van der Waals surface area contributed by atoms with Gasteiger partial charge in [0.05, 0.1) is 5.92 Å². The van der Waals surface area contributed by atoms with E-state index in [2.05, 4.69) is 0 Å². The first-order chi connectivity index (χ1) is 9.21. The zero-order valence-corrected chi connectivity index (χ0v) is 11.6. The first-order valence-corrected chi connectivity index (χ1v) is 6.87. The summed E-state index contributed by atoms with van der Waals surface area (Å²) in [7, 11) is 0. The van der Waals surface area contributed by atoms with Crippen LogP contribution < -0.4 is 5.73 Å². The average molecular weight is 310 g/mol. The van der Waals surface area contributed by atoms with Crippen molar-refractivity contribution in [1.29, 1.82) is 0 Å². The lowest BCUT2D eigenvalue weighted by atomic mass is 9.74. The van der Waals surface area contributed by atoms with Gasteiger partial charge in [-0.25, -0.2) is 4.39 Å². The Kier molecular flexibility index (Phi) is 4.30. The molecule has 0 aliphatic heterocycles. The van der Waals surface area contributed by atoms with Crippen LogP contribution in [-0.2, 0) is 6.42 Å². The third-order valence-electron chi connectivity index (χ3n) is 4.03. The third-order valence-corrected chi connectivity index (χ3v) is 4.39. The van der Waals surface area contributed by atoms with E-state index >= 15 is 0 Å². The van der Waals surface area contributed by atoms with Crippen molar-refractivity contribution in [2.45, 2.75) is 43.8 Å². The van der Waals surface area contributed by atoms with E-state index in [1.54, 1.807) is 6.07 Å². The van der Waals surface area contributed by atoms with Crippen molar-refractivity contribution in [2.75, 3.05) is 0 Å². The normalized spacial score (nSPS) is 27.6. The van der Waals surface area contributed by atoms with E-state index in [-0.39, 0.29) is 37.1 Å². The number of alkyl halides is 3. The van der Waals surface area contributed by atoms with Crippen molar-refractivity contribution in [3.05, 3.63) is 34.6 Å². The summed E-state index contributed by atoms with van der Waals surface area (Å²) in [5.74, 6) is -1.75. The Morgan fingerprint density at radius 1 is 1.25 bits per heavy atom. The van der Waals surface area contributed by atoms with Crippen LogP contribution in [0.25, 0.3) is 0 Å². The second-order valence-electron chi connectivity index (χ2n) is 5.56. The van der Waals surface area contributed by atoms with Crippen LogP contribution in [0.1, 0.15) is 31.2 Å². The Morgan fingerprint density at radius 2 is 1.85 bits per heavy atom. The SMILES string of the molecule is NC1(Cc2c(F)cccc2Cl)CCC(C(F)(F)F)CC1. The lowest BCUT2D eigenvalue weighted by Gasteiger charge is -2.38. The van der Waals surface area contributed by atoms with Crippen LogP contribution in [-0.4, -0.2) is 11.7 Å². The summed E-state index contributed by atoms with van der Waals surface area (Å²) in [6.45, 7) is 0. The molecule has 2 N–H and O–H groups in total. The second-order valence-corrected chi connectivity index (χ2v) is 5.96. The zero-order valence-electron chi connectivity index (χ0n) is 10.8. The Morgan fingerprint density at radius 3 is 2.35 bits per heavy atom. The molecular formula is C14H16ClF4N. The highest BCUT2D eigenvalue weighted by molar-refractivity contribution is 6.31. The van der Waals surface area contributed by atoms with Crippen LogP contribution in [0.2, 0.25) is 5.02 Å². The molecule has 0 radical (unpaired) electrons. The first kappa shape index (κ1) is 15.6. The quantitative estimate of drug-likeness (QED) is 0.801. The molecule has 1 aromatic carbocycles. The Bertz CT molecular complexity index is 458. The van der Waals surface area contributed by atoms with Crippen LogP contribution in [0.4, 0.5) is 17.6 Å². The molecule has 1 nitrogen and oxygen atoms in total. The molecule has 6 heteroatoms. The monoisotopic (exact) mass is 309 g/mol. The van der Waals surface area contributed by atoms with E-state index in [1.807, 2.05) is 0 Å². The topological polar surface area (TPSA) is 26.0 Å². The average Bonchev–Trinajstić information content (AvgIpc) is 2.33. The van der Waals surface area contributed by atoms with Gasteiger partial charge in [0.1, 0.15) is 5.82 Å². The van der Waals surface area contributed by atoms with Gasteiger partial charge in [0, 0.05) is 16.1 Å². The number of hydrogen-bond donors (Lipinski definition) is 1. The molecule has 1 aliphatic carbocycles. The summed E-state index contributed by atoms with van der Waals surface area (Å²) in [4.78, 5) is 0. The van der Waals surface area contributed by atoms with Gasteiger partial charge in [-0.3, -0.25) is 0 Å². The molecule has 0 bridgehead atoms. The maximum absolute atomic E-state index is 13.7. The van der Waals surface area contributed by atoms with E-state index < -0.39 is 23.5 Å². The molecule has 1 aromatic rings. The highest BCUT2D eigenvalue weighted by Gasteiger charge is 2.44. The Balaban J connectivity index is 2.08. The van der Waals surface area contributed by atoms with Crippen molar-refractivity contribution in [1.82, 2.24) is 0 Å². The van der Waals surface area contributed by atoms with Gasteiger partial charge in [0.15, 0.2) is 0 Å². The number of nitrogens with two attached hydrogens (primary N) is 1. The number of hydrogen-bond acceptors (Lipinski definition) is 1. The fraction of sp³-hybridized carbons (Fsp3) is 0.571. The van der Waals surface area contributed by atoms with Gasteiger partial charge >= 0.3 is 6.18 Å². The van der Waals surface area contributed by atoms with Crippen molar-refractivity contribution in [3.63, 3.8) is 0 Å². The van der Waals surface area contributed by atoms with Crippen molar-refractivity contribution in [2.24, 2.45) is 11.7 Å². The maximum Gasteiger partial charge on any atom is 0.391 e. The summed E-state index contributed by atoms with van der Waals surface area (Å²) >= 11 is 5.94. The van der Waals surface area contributed by atoms with Gasteiger partial charge in [-0.05, 0) is 44.2 Å². The third kappa shape index (κ3) is 3.44. The van der Waals surface area contributed by atoms with E-state index in [4.69, 9.17) is 17.3 Å². The fourth-order valence-electron chi connectivity index (χ4n) is 2.75. The second kappa shape index (κ2) is 5.53. The van der Waals surface area contributed by atoms with Crippen LogP contribution in [0.5, 0.6) is 0 Å². The minimum atomic E-state index is -4.17. The summed E-state index contributed by atoms with van der Waals surface area (Å²) in [6, 6.07) is 4.33. The van der Waals surface area contributed by atoms with Crippen LogP contribution in [0.3, 0.4) is 0 Å². The molecule has 0 saturated heterocycles. The molecule has 1 aliphatic rings. The lowest BCUT2D eigenvalue weighted by molar-refractivity contribution is -0.184. The zero-order chi connectivity index (χ0) is 15.0. The minimum Gasteiger partial charge on any atom is -0.325 e. The molecule has 0 unspecified atom stereocenters. The van der Waals surface area contributed by atoms with E-state index in [0.29, 0.717) is 5.56 Å². The van der Waals surface area contributed by atoms with Gasteiger partial charge in [-0.1, -0.05) is 17.7 Å². The molecule has 1 fully saturated rings. The minimum absolute atomic E-state index is 0.00787. The highest BCUT2D eigenvalue weighted by Crippen LogP contribution is 2.41. The lowest BCUT2D eigenvalue weighted by Crippen LogP contribution is -2.47. The van der Waals surface area contributed by atoms with Crippen LogP contribution in [0, 0.1) is 11.7 Å². The predicted octanol–water partition coefficient (Wildman–Crippen LogP) is 4.47. The van der Waals surface area contributed by atoms with Gasteiger partial charge in [0.2, 0.25) is 0 Å². The summed E-state index contributed by atoms with van der Waals surface area (Å²) in [5, 5.41) is 0.271. The van der Waals surface area contributed by atoms with E-state index in [9.17, 15) is 17.6 Å². The number of halogens is 5. The van der Waals surface area contributed by atoms with Gasteiger partial charge in [-0.15, -0.1) is 0 Å². The molecule has 0 heterocycles. The molecule has 0 spiro atoms. The molecule has 20 heavy (non-hydrogen) atoms. The molecule has 0 atom stereocenters. The summed E-state index contributed by atoms with van der Waals surface area (Å²) in [5.41, 5.74) is 5.62. The van der Waals surface area contributed by atoms with Gasteiger partial charge < -0.3 is 5.73 Å². The smallest absolute Gasteiger partial charge is 0.325 e. The standard InChI is InChI=1S/C14H16ClF4N/c15-11-2-1-3-12(16)10(11)8-13(20)6-4-9(5-7-13)14(17,18)19/h1-3,9H,4-8,20H2. The molecule has 1 saturated carbocycles. The summed E-state index contributed by atoms with van der Waals surface area (Å²) in [6.07, 6.45) is -3.57. The Hall–Kier alpha value is -0.810. The molecule has 0 aromatic heterocycles. The molecule has 2 rings (SSSR count). The number of rotatable bonds is 2.